The van der Waals surface area contributed by atoms with Gasteiger partial charge in [-0.15, -0.1) is 0 Å². The van der Waals surface area contributed by atoms with Crippen LogP contribution < -0.4 is 5.32 Å². The van der Waals surface area contributed by atoms with Crippen LogP contribution in [0, 0.1) is 11.3 Å². The van der Waals surface area contributed by atoms with Gasteiger partial charge in [0.15, 0.2) is 0 Å². The first-order valence-corrected chi connectivity index (χ1v) is 8.36. The number of nitrogens with zero attached hydrogens (tertiary/aromatic N) is 1. The third kappa shape index (κ3) is 2.02. The van der Waals surface area contributed by atoms with E-state index in [4.69, 9.17) is 11.6 Å². The molecule has 3 rings (SSSR count). The summed E-state index contributed by atoms with van der Waals surface area (Å²) in [5.74, 6) is -2.49. The summed E-state index contributed by atoms with van der Waals surface area (Å²) in [6.45, 7) is -0.481. The van der Waals surface area contributed by atoms with Crippen molar-refractivity contribution < 1.29 is 23.1 Å². The Morgan fingerprint density at radius 2 is 2.09 bits per heavy atom. The molecule has 2 aliphatic heterocycles. The number of aliphatic carboxylic acids is 1. The van der Waals surface area contributed by atoms with Gasteiger partial charge in [-0.3, -0.25) is 9.59 Å². The highest BCUT2D eigenvalue weighted by Crippen LogP contribution is 2.42. The summed E-state index contributed by atoms with van der Waals surface area (Å²) in [5.41, 5.74) is -1.41. The molecule has 118 valence electrons. The maximum atomic E-state index is 12.7. The molecule has 0 saturated carbocycles. The number of halogens is 1. The van der Waals surface area contributed by atoms with Crippen LogP contribution in [0.4, 0.5) is 0 Å². The third-order valence-electron chi connectivity index (χ3n) is 4.29. The molecule has 2 fully saturated rings. The number of rotatable bonds is 3. The molecule has 2 aliphatic rings. The smallest absolute Gasteiger partial charge is 0.313 e. The monoisotopic (exact) mass is 344 g/mol. The predicted molar refractivity (Wildman–Crippen MR) is 76.8 cm³/mol. The minimum atomic E-state index is -3.95. The van der Waals surface area contributed by atoms with Gasteiger partial charge in [0.2, 0.25) is 15.9 Å². The Morgan fingerprint density at radius 3 is 2.68 bits per heavy atom. The second kappa shape index (κ2) is 4.94. The van der Waals surface area contributed by atoms with E-state index >= 15 is 0 Å². The second-order valence-corrected chi connectivity index (χ2v) is 7.77. The largest absolute Gasteiger partial charge is 0.481 e. The molecule has 0 unspecified atom stereocenters. The number of carboxylic acids is 1. The molecule has 1 amide bonds. The number of carbonyl (C=O) groups excluding carboxylic acids is 1. The number of carboxylic acid groups (broad SMARTS) is 1. The zero-order valence-electron chi connectivity index (χ0n) is 11.3. The summed E-state index contributed by atoms with van der Waals surface area (Å²) in [7, 11) is -3.95. The normalized spacial score (nSPS) is 28.4. The van der Waals surface area contributed by atoms with Gasteiger partial charge in [-0.05, 0) is 12.1 Å². The Bertz CT molecular complexity index is 765. The first-order chi connectivity index (χ1) is 10.3. The molecule has 2 heterocycles. The van der Waals surface area contributed by atoms with Gasteiger partial charge in [0, 0.05) is 19.6 Å². The molecular weight excluding hydrogens is 332 g/mol. The number of benzene rings is 1. The molecule has 1 aromatic carbocycles. The molecule has 0 bridgehead atoms. The molecule has 7 nitrogen and oxygen atoms in total. The number of sulfonamides is 1. The number of hydrogen-bond acceptors (Lipinski definition) is 4. The topological polar surface area (TPSA) is 104 Å². The van der Waals surface area contributed by atoms with Crippen LogP contribution in [0.2, 0.25) is 5.02 Å². The number of hydrogen-bond donors (Lipinski definition) is 2. The fraction of sp³-hybridized carbons (Fsp3) is 0.385. The first-order valence-electron chi connectivity index (χ1n) is 6.55. The molecule has 0 spiro atoms. The second-order valence-electron chi connectivity index (χ2n) is 5.46. The van der Waals surface area contributed by atoms with Crippen molar-refractivity contribution in [3.8, 4) is 0 Å². The van der Waals surface area contributed by atoms with Crippen molar-refractivity contribution in [1.82, 2.24) is 9.62 Å². The highest BCUT2D eigenvalue weighted by atomic mass is 35.5. The maximum Gasteiger partial charge on any atom is 0.313 e. The van der Waals surface area contributed by atoms with Gasteiger partial charge in [0.25, 0.3) is 0 Å². The van der Waals surface area contributed by atoms with Gasteiger partial charge in [-0.2, -0.15) is 4.31 Å². The minimum absolute atomic E-state index is 0.0633. The molecule has 2 N–H and O–H groups in total. The van der Waals surface area contributed by atoms with Crippen molar-refractivity contribution in [2.24, 2.45) is 11.3 Å². The summed E-state index contributed by atoms with van der Waals surface area (Å²) in [5, 5.41) is 12.0. The summed E-state index contributed by atoms with van der Waals surface area (Å²) in [6.07, 6.45) is 0. The van der Waals surface area contributed by atoms with Crippen LogP contribution in [0.5, 0.6) is 0 Å². The zero-order valence-corrected chi connectivity index (χ0v) is 12.9. The lowest BCUT2D eigenvalue weighted by atomic mass is 9.81. The lowest BCUT2D eigenvalue weighted by Crippen LogP contribution is -2.41. The van der Waals surface area contributed by atoms with E-state index in [1.165, 1.54) is 18.2 Å². The van der Waals surface area contributed by atoms with Crippen LogP contribution >= 0.6 is 11.6 Å². The number of amides is 1. The van der Waals surface area contributed by atoms with Crippen LogP contribution in [0.15, 0.2) is 29.2 Å². The summed E-state index contributed by atoms with van der Waals surface area (Å²) >= 11 is 5.93. The fourth-order valence-corrected chi connectivity index (χ4v) is 5.03. The summed E-state index contributed by atoms with van der Waals surface area (Å²) < 4.78 is 26.4. The summed E-state index contributed by atoms with van der Waals surface area (Å²) in [6, 6.07) is 5.95. The molecule has 9 heteroatoms. The highest BCUT2D eigenvalue weighted by molar-refractivity contribution is 7.89. The molecule has 22 heavy (non-hydrogen) atoms. The van der Waals surface area contributed by atoms with Crippen LogP contribution in [-0.4, -0.2) is 49.3 Å². The van der Waals surface area contributed by atoms with Gasteiger partial charge >= 0.3 is 5.97 Å². The Balaban J connectivity index is 2.00. The SMILES string of the molecule is O=C1NC[C@]2(C(=O)O)CN(S(=O)(=O)c3ccccc3Cl)C[C@H]12. The Labute approximate surface area is 131 Å². The van der Waals surface area contributed by atoms with Crippen molar-refractivity contribution in [2.45, 2.75) is 4.90 Å². The molecule has 0 aromatic heterocycles. The van der Waals surface area contributed by atoms with Crippen LogP contribution in [0.25, 0.3) is 0 Å². The van der Waals surface area contributed by atoms with Crippen LogP contribution in [0.1, 0.15) is 0 Å². The highest BCUT2D eigenvalue weighted by Gasteiger charge is 2.61. The van der Waals surface area contributed by atoms with Gasteiger partial charge in [-0.1, -0.05) is 23.7 Å². The van der Waals surface area contributed by atoms with Crippen molar-refractivity contribution in [3.05, 3.63) is 29.3 Å². The van der Waals surface area contributed by atoms with E-state index in [-0.39, 0.29) is 29.6 Å². The minimum Gasteiger partial charge on any atom is -0.481 e. The average molecular weight is 345 g/mol. The molecule has 1 aromatic rings. The fourth-order valence-electron chi connectivity index (χ4n) is 3.02. The van der Waals surface area contributed by atoms with Gasteiger partial charge in [0.05, 0.1) is 10.9 Å². The van der Waals surface area contributed by atoms with Crippen molar-refractivity contribution in [2.75, 3.05) is 19.6 Å². The van der Waals surface area contributed by atoms with E-state index in [9.17, 15) is 23.1 Å². The van der Waals surface area contributed by atoms with Crippen LogP contribution in [0.3, 0.4) is 0 Å². The Morgan fingerprint density at radius 1 is 1.41 bits per heavy atom. The van der Waals surface area contributed by atoms with Gasteiger partial charge < -0.3 is 10.4 Å². The Kier molecular flexibility index (Phi) is 3.42. The van der Waals surface area contributed by atoms with Crippen LogP contribution in [-0.2, 0) is 19.6 Å². The number of fused-ring (bicyclic) bond motifs is 1. The van der Waals surface area contributed by atoms with E-state index < -0.39 is 33.2 Å². The van der Waals surface area contributed by atoms with Crippen molar-refractivity contribution >= 4 is 33.5 Å². The Hall–Kier alpha value is -1.64. The van der Waals surface area contributed by atoms with E-state index in [0.29, 0.717) is 0 Å². The average Bonchev–Trinajstić information content (AvgIpc) is 2.99. The first kappa shape index (κ1) is 15.3. The van der Waals surface area contributed by atoms with E-state index in [0.717, 1.165) is 4.31 Å². The number of nitrogens with one attached hydrogen (secondary N) is 1. The van der Waals surface area contributed by atoms with Gasteiger partial charge in [0.1, 0.15) is 10.3 Å². The van der Waals surface area contributed by atoms with Crippen molar-refractivity contribution in [3.63, 3.8) is 0 Å². The van der Waals surface area contributed by atoms with E-state index in [1.54, 1.807) is 6.07 Å². The number of carbonyl (C=O) groups is 2. The molecule has 2 atom stereocenters. The molecule has 0 radical (unpaired) electrons. The standard InChI is InChI=1S/C13H13ClN2O5S/c14-9-3-1-2-4-10(9)22(20,21)16-5-8-11(17)15-6-13(8,7-16)12(18)19/h1-4,8H,5-7H2,(H,15,17)(H,18,19)/t8-,13+/m1/s1. The summed E-state index contributed by atoms with van der Waals surface area (Å²) in [4.78, 5) is 23.3. The van der Waals surface area contributed by atoms with Gasteiger partial charge in [-0.25, -0.2) is 8.42 Å². The molecule has 2 saturated heterocycles. The lowest BCUT2D eigenvalue weighted by Gasteiger charge is -2.22. The van der Waals surface area contributed by atoms with E-state index in [1.807, 2.05) is 0 Å². The molecular formula is C13H13ClN2O5S. The quantitative estimate of drug-likeness (QED) is 0.813. The third-order valence-corrected chi connectivity index (χ3v) is 6.60. The lowest BCUT2D eigenvalue weighted by molar-refractivity contribution is -0.149. The zero-order chi connectivity index (χ0) is 16.1. The predicted octanol–water partition coefficient (Wildman–Crippen LogP) is 0.161. The van der Waals surface area contributed by atoms with E-state index in [2.05, 4.69) is 5.32 Å². The van der Waals surface area contributed by atoms with Crippen molar-refractivity contribution in [1.29, 1.82) is 0 Å². The maximum absolute atomic E-state index is 12.7. The molecule has 0 aliphatic carbocycles.